The third-order valence-corrected chi connectivity index (χ3v) is 3.75. The van der Waals surface area contributed by atoms with Crippen LogP contribution in [0.4, 0.5) is 0 Å². The SMILES string of the molecule is CCc1nn(C)c(CC(=O)c2cc(C)nn2CC)c1Cl. The van der Waals surface area contributed by atoms with Crippen LogP contribution >= 0.6 is 11.6 Å². The molecule has 2 aromatic heterocycles. The van der Waals surface area contributed by atoms with Crippen LogP contribution in [0.3, 0.4) is 0 Å². The lowest BCUT2D eigenvalue weighted by Gasteiger charge is -2.04. The number of hydrogen-bond acceptors (Lipinski definition) is 3. The van der Waals surface area contributed by atoms with Crippen LogP contribution in [0.15, 0.2) is 6.07 Å². The number of halogens is 1. The Morgan fingerprint density at radius 1 is 1.35 bits per heavy atom. The Morgan fingerprint density at radius 2 is 2.05 bits per heavy atom. The molecular formula is C14H19ClN4O. The fraction of sp³-hybridized carbons (Fsp3) is 0.500. The summed E-state index contributed by atoms with van der Waals surface area (Å²) < 4.78 is 3.42. The van der Waals surface area contributed by atoms with E-state index in [1.807, 2.05) is 33.9 Å². The molecule has 108 valence electrons. The average Bonchev–Trinajstić information content (AvgIpc) is 2.93. The second kappa shape index (κ2) is 5.79. The predicted octanol–water partition coefficient (Wildman–Crippen LogP) is 2.59. The van der Waals surface area contributed by atoms with Gasteiger partial charge < -0.3 is 0 Å². The number of ketones is 1. The van der Waals surface area contributed by atoms with Gasteiger partial charge in [-0.1, -0.05) is 18.5 Å². The molecule has 0 aliphatic carbocycles. The number of carbonyl (C=O) groups excluding carboxylic acids is 1. The van der Waals surface area contributed by atoms with Crippen molar-refractivity contribution in [3.63, 3.8) is 0 Å². The van der Waals surface area contributed by atoms with Gasteiger partial charge in [0, 0.05) is 13.6 Å². The average molecular weight is 295 g/mol. The third-order valence-electron chi connectivity index (χ3n) is 3.32. The van der Waals surface area contributed by atoms with Crippen LogP contribution in [0.5, 0.6) is 0 Å². The van der Waals surface area contributed by atoms with Gasteiger partial charge in [0.2, 0.25) is 0 Å². The van der Waals surface area contributed by atoms with Crippen molar-refractivity contribution in [3.8, 4) is 0 Å². The van der Waals surface area contributed by atoms with Gasteiger partial charge in [-0.2, -0.15) is 10.2 Å². The van der Waals surface area contributed by atoms with Crippen LogP contribution in [0.2, 0.25) is 5.02 Å². The molecule has 0 aromatic carbocycles. The van der Waals surface area contributed by atoms with Crippen molar-refractivity contribution < 1.29 is 4.79 Å². The normalized spacial score (nSPS) is 11.1. The smallest absolute Gasteiger partial charge is 0.186 e. The molecule has 0 N–H and O–H groups in total. The second-order valence-electron chi connectivity index (χ2n) is 4.77. The Kier molecular flexibility index (Phi) is 4.28. The minimum atomic E-state index is 0.0139. The number of carbonyl (C=O) groups is 1. The van der Waals surface area contributed by atoms with Gasteiger partial charge in [-0.25, -0.2) is 0 Å². The predicted molar refractivity (Wildman–Crippen MR) is 78.3 cm³/mol. The van der Waals surface area contributed by atoms with Gasteiger partial charge in [0.15, 0.2) is 5.78 Å². The Balaban J connectivity index is 2.30. The molecule has 0 aliphatic rings. The lowest BCUT2D eigenvalue weighted by atomic mass is 10.1. The molecule has 0 radical (unpaired) electrons. The van der Waals surface area contributed by atoms with E-state index in [1.54, 1.807) is 9.36 Å². The van der Waals surface area contributed by atoms with Crippen molar-refractivity contribution in [1.82, 2.24) is 19.6 Å². The molecule has 0 spiro atoms. The van der Waals surface area contributed by atoms with E-state index in [2.05, 4.69) is 10.2 Å². The summed E-state index contributed by atoms with van der Waals surface area (Å²) in [4.78, 5) is 12.4. The summed E-state index contributed by atoms with van der Waals surface area (Å²) in [6.07, 6.45) is 1.00. The monoisotopic (exact) mass is 294 g/mol. The van der Waals surface area contributed by atoms with E-state index in [0.717, 1.165) is 23.5 Å². The largest absolute Gasteiger partial charge is 0.292 e. The van der Waals surface area contributed by atoms with Crippen molar-refractivity contribution in [1.29, 1.82) is 0 Å². The molecule has 0 aliphatic heterocycles. The molecule has 0 atom stereocenters. The van der Waals surface area contributed by atoms with E-state index in [1.165, 1.54) is 0 Å². The molecule has 2 heterocycles. The van der Waals surface area contributed by atoms with Crippen molar-refractivity contribution in [3.05, 3.63) is 33.9 Å². The fourth-order valence-corrected chi connectivity index (χ4v) is 2.63. The molecular weight excluding hydrogens is 276 g/mol. The quantitative estimate of drug-likeness (QED) is 0.797. The lowest BCUT2D eigenvalue weighted by molar-refractivity contribution is 0.0980. The molecule has 0 amide bonds. The van der Waals surface area contributed by atoms with Crippen molar-refractivity contribution in [2.24, 2.45) is 7.05 Å². The first kappa shape index (κ1) is 14.8. The van der Waals surface area contributed by atoms with Crippen LogP contribution in [-0.2, 0) is 26.4 Å². The van der Waals surface area contributed by atoms with Crippen LogP contribution in [0, 0.1) is 6.92 Å². The highest BCUT2D eigenvalue weighted by atomic mass is 35.5. The number of aromatic nitrogens is 4. The summed E-state index contributed by atoms with van der Waals surface area (Å²) in [7, 11) is 1.82. The number of aryl methyl sites for hydroxylation is 4. The van der Waals surface area contributed by atoms with Gasteiger partial charge in [-0.05, 0) is 26.3 Å². The van der Waals surface area contributed by atoms with Gasteiger partial charge >= 0.3 is 0 Å². The number of nitrogens with zero attached hydrogens (tertiary/aromatic N) is 4. The van der Waals surface area contributed by atoms with Crippen LogP contribution in [-0.4, -0.2) is 25.3 Å². The third kappa shape index (κ3) is 2.63. The Bertz CT molecular complexity index is 642. The number of rotatable bonds is 5. The van der Waals surface area contributed by atoms with Crippen LogP contribution in [0.25, 0.3) is 0 Å². The Labute approximate surface area is 123 Å². The van der Waals surface area contributed by atoms with Gasteiger partial charge in [0.05, 0.1) is 28.5 Å². The molecule has 20 heavy (non-hydrogen) atoms. The summed E-state index contributed by atoms with van der Waals surface area (Å²) in [6.45, 7) is 6.52. The van der Waals surface area contributed by atoms with Gasteiger partial charge in [-0.15, -0.1) is 0 Å². The first-order valence-corrected chi connectivity index (χ1v) is 7.13. The van der Waals surface area contributed by atoms with E-state index in [0.29, 0.717) is 17.3 Å². The molecule has 5 nitrogen and oxygen atoms in total. The summed E-state index contributed by atoms with van der Waals surface area (Å²) in [6, 6.07) is 1.82. The second-order valence-corrected chi connectivity index (χ2v) is 5.15. The summed E-state index contributed by atoms with van der Waals surface area (Å²) in [5.41, 5.74) is 3.06. The highest BCUT2D eigenvalue weighted by Gasteiger charge is 2.19. The van der Waals surface area contributed by atoms with Crippen LogP contribution < -0.4 is 0 Å². The number of Topliss-reactive ketones (excluding diaryl/α,β-unsaturated/α-hetero) is 1. The molecule has 2 aromatic rings. The minimum absolute atomic E-state index is 0.0139. The zero-order chi connectivity index (χ0) is 14.9. The van der Waals surface area contributed by atoms with Gasteiger partial charge in [0.1, 0.15) is 5.69 Å². The highest BCUT2D eigenvalue weighted by molar-refractivity contribution is 6.32. The van der Waals surface area contributed by atoms with Gasteiger partial charge in [-0.3, -0.25) is 14.2 Å². The highest BCUT2D eigenvalue weighted by Crippen LogP contribution is 2.22. The molecule has 0 saturated carbocycles. The first-order valence-electron chi connectivity index (χ1n) is 6.75. The lowest BCUT2D eigenvalue weighted by Crippen LogP contribution is -2.13. The molecule has 0 bridgehead atoms. The summed E-state index contributed by atoms with van der Waals surface area (Å²) in [5, 5.41) is 9.23. The standard InChI is InChI=1S/C14H19ClN4O/c1-5-10-14(15)12(18(4)17-10)8-13(20)11-7-9(3)16-19(11)6-2/h7H,5-6,8H2,1-4H3. The molecule has 2 rings (SSSR count). The van der Waals surface area contributed by atoms with E-state index in [-0.39, 0.29) is 12.2 Å². The number of hydrogen-bond donors (Lipinski definition) is 0. The molecule has 0 saturated heterocycles. The van der Waals surface area contributed by atoms with E-state index in [4.69, 9.17) is 11.6 Å². The topological polar surface area (TPSA) is 52.7 Å². The first-order chi connectivity index (χ1) is 9.47. The molecule has 0 unspecified atom stereocenters. The maximum atomic E-state index is 12.4. The summed E-state index contributed by atoms with van der Waals surface area (Å²) >= 11 is 6.28. The van der Waals surface area contributed by atoms with E-state index < -0.39 is 0 Å². The zero-order valence-corrected chi connectivity index (χ0v) is 13.0. The maximum Gasteiger partial charge on any atom is 0.186 e. The van der Waals surface area contributed by atoms with Crippen molar-refractivity contribution in [2.75, 3.05) is 0 Å². The van der Waals surface area contributed by atoms with Crippen LogP contribution in [0.1, 0.15) is 41.4 Å². The van der Waals surface area contributed by atoms with E-state index >= 15 is 0 Å². The van der Waals surface area contributed by atoms with E-state index in [9.17, 15) is 4.79 Å². The molecule has 6 heteroatoms. The molecule has 0 fully saturated rings. The maximum absolute atomic E-state index is 12.4. The minimum Gasteiger partial charge on any atom is -0.292 e. The van der Waals surface area contributed by atoms with Crippen molar-refractivity contribution >= 4 is 17.4 Å². The Morgan fingerprint density at radius 3 is 2.60 bits per heavy atom. The fourth-order valence-electron chi connectivity index (χ4n) is 2.27. The Hall–Kier alpha value is -1.62. The van der Waals surface area contributed by atoms with Gasteiger partial charge in [0.25, 0.3) is 0 Å². The van der Waals surface area contributed by atoms with Crippen molar-refractivity contribution in [2.45, 2.75) is 40.2 Å². The zero-order valence-electron chi connectivity index (χ0n) is 12.3. The summed E-state index contributed by atoms with van der Waals surface area (Å²) in [5.74, 6) is 0.0139.